The second-order valence-electron chi connectivity index (χ2n) is 8.87. The van der Waals surface area contributed by atoms with Gasteiger partial charge < -0.3 is 5.11 Å². The Hall–Kier alpha value is 0.0900. The van der Waals surface area contributed by atoms with Gasteiger partial charge >= 0.3 is 0 Å². The lowest BCUT2D eigenvalue weighted by molar-refractivity contribution is -0.120. The van der Waals surface area contributed by atoms with Gasteiger partial charge in [0.15, 0.2) is 17.3 Å². The van der Waals surface area contributed by atoms with Gasteiger partial charge in [-0.25, -0.2) is 0 Å². The van der Waals surface area contributed by atoms with Crippen LogP contribution in [-0.4, -0.2) is 65.5 Å². The Morgan fingerprint density at radius 2 is 0.914 bits per heavy atom. The third-order valence-corrected chi connectivity index (χ3v) is 12.1. The topological polar surface area (TPSA) is 71.4 Å². The number of carbonyl (C=O) groups is 3. The molecular formula is C23H18Cl8O4. The zero-order valence-corrected chi connectivity index (χ0v) is 23.6. The molecule has 4 rings (SSSR count). The average molecular weight is 642 g/mol. The van der Waals surface area contributed by atoms with Crippen LogP contribution >= 0.6 is 92.8 Å². The minimum Gasteiger partial charge on any atom is -0.511 e. The van der Waals surface area contributed by atoms with Crippen molar-refractivity contribution in [1.82, 2.24) is 0 Å². The van der Waals surface area contributed by atoms with Crippen LogP contribution in [0.2, 0.25) is 0 Å². The summed E-state index contributed by atoms with van der Waals surface area (Å²) in [6, 6.07) is 0. The number of aliphatic hydroxyl groups excluding tert-OH is 1. The largest absolute Gasteiger partial charge is 0.511 e. The standard InChI is InChI=1S/C23H18Cl8O4/c24-12-8-9(13(25)17(29)16(12)28)21(33)6(20(8)32)4-2-1-3-5-7-22(34)10-11(23(7)35)15(27)19(31)18(30)14(10)26/h1-5,8-19,32H. The van der Waals surface area contributed by atoms with E-state index in [1.54, 1.807) is 0 Å². The van der Waals surface area contributed by atoms with Gasteiger partial charge in [0.2, 0.25) is 0 Å². The van der Waals surface area contributed by atoms with Crippen molar-refractivity contribution < 1.29 is 19.5 Å². The second kappa shape index (κ2) is 10.7. The molecule has 0 aromatic heterocycles. The quantitative estimate of drug-likeness (QED) is 0.180. The summed E-state index contributed by atoms with van der Waals surface area (Å²) in [7, 11) is 0. The van der Waals surface area contributed by atoms with Gasteiger partial charge in [0.1, 0.15) is 5.76 Å². The fourth-order valence-electron chi connectivity index (χ4n) is 5.20. The molecule has 4 nitrogen and oxygen atoms in total. The highest BCUT2D eigenvalue weighted by atomic mass is 35.5. The summed E-state index contributed by atoms with van der Waals surface area (Å²) in [4.78, 5) is 38.6. The zero-order chi connectivity index (χ0) is 25.9. The molecule has 3 saturated carbocycles. The summed E-state index contributed by atoms with van der Waals surface area (Å²) in [6.07, 6.45) is 7.21. The van der Waals surface area contributed by atoms with Crippen molar-refractivity contribution in [1.29, 1.82) is 0 Å². The Bertz CT molecular complexity index is 1030. The Morgan fingerprint density at radius 1 is 0.514 bits per heavy atom. The molecular weight excluding hydrogens is 624 g/mol. The summed E-state index contributed by atoms with van der Waals surface area (Å²) in [5.74, 6) is -4.66. The van der Waals surface area contributed by atoms with Crippen molar-refractivity contribution in [3.8, 4) is 0 Å². The molecule has 0 heterocycles. The maximum atomic E-state index is 12.9. The molecule has 0 bridgehead atoms. The van der Waals surface area contributed by atoms with Gasteiger partial charge in [0.05, 0.1) is 71.9 Å². The molecule has 0 amide bonds. The van der Waals surface area contributed by atoms with Crippen molar-refractivity contribution >= 4 is 110 Å². The number of carbonyl (C=O) groups excluding carboxylic acids is 3. The van der Waals surface area contributed by atoms with Crippen LogP contribution in [0.4, 0.5) is 0 Å². The predicted octanol–water partition coefficient (Wildman–Crippen LogP) is 5.92. The molecule has 4 aliphatic carbocycles. The molecule has 0 aromatic rings. The average Bonchev–Trinajstić information content (AvgIpc) is 3.22. The van der Waals surface area contributed by atoms with Crippen molar-refractivity contribution in [2.45, 2.75) is 43.0 Å². The minimum absolute atomic E-state index is 0.0446. The molecule has 0 spiro atoms. The summed E-state index contributed by atoms with van der Waals surface area (Å²) in [5, 5.41) is 4.47. The number of hydrogen-bond donors (Lipinski definition) is 1. The summed E-state index contributed by atoms with van der Waals surface area (Å²) < 4.78 is 0. The van der Waals surface area contributed by atoms with Crippen LogP contribution in [0, 0.1) is 23.7 Å². The highest BCUT2D eigenvalue weighted by molar-refractivity contribution is 6.43. The fraction of sp³-hybridized carbons (Fsp3) is 0.522. The van der Waals surface area contributed by atoms with Gasteiger partial charge in [-0.3, -0.25) is 14.4 Å². The molecule has 190 valence electrons. The maximum absolute atomic E-state index is 12.9. The lowest BCUT2D eigenvalue weighted by Crippen LogP contribution is -2.51. The molecule has 35 heavy (non-hydrogen) atoms. The van der Waals surface area contributed by atoms with Gasteiger partial charge in [0, 0.05) is 5.92 Å². The lowest BCUT2D eigenvalue weighted by Gasteiger charge is -2.39. The van der Waals surface area contributed by atoms with Gasteiger partial charge in [-0.2, -0.15) is 0 Å². The molecule has 12 unspecified atom stereocenters. The fourth-order valence-corrected chi connectivity index (χ4v) is 8.46. The second-order valence-corrected chi connectivity index (χ2v) is 12.9. The monoisotopic (exact) mass is 638 g/mol. The normalized spacial score (nSPS) is 46.2. The number of hydrogen-bond acceptors (Lipinski definition) is 4. The number of aliphatic hydroxyl groups is 1. The summed E-state index contributed by atoms with van der Waals surface area (Å²) >= 11 is 50.3. The van der Waals surface area contributed by atoms with Gasteiger partial charge in [-0.15, -0.1) is 92.8 Å². The first-order valence-corrected chi connectivity index (χ1v) is 14.1. The first kappa shape index (κ1) is 28.1. The molecule has 0 radical (unpaired) electrons. The predicted molar refractivity (Wildman–Crippen MR) is 142 cm³/mol. The van der Waals surface area contributed by atoms with E-state index in [1.807, 2.05) is 0 Å². The van der Waals surface area contributed by atoms with Crippen molar-refractivity contribution in [2.24, 2.45) is 23.7 Å². The van der Waals surface area contributed by atoms with E-state index < -0.39 is 78.3 Å². The highest BCUT2D eigenvalue weighted by Crippen LogP contribution is 2.50. The Labute approximate surface area is 242 Å². The molecule has 12 atom stereocenters. The van der Waals surface area contributed by atoms with Crippen molar-refractivity contribution in [2.75, 3.05) is 0 Å². The van der Waals surface area contributed by atoms with E-state index in [9.17, 15) is 19.5 Å². The maximum Gasteiger partial charge on any atom is 0.171 e. The number of rotatable bonds is 3. The SMILES string of the molecule is O=C1C(=CC=CC=CC2=C(O)C3C(Cl)C(Cl)C(Cl)C(Cl)C3C2=O)C(=O)C2C(Cl)C(Cl)C(Cl)C(Cl)C12. The first-order chi connectivity index (χ1) is 16.4. The van der Waals surface area contributed by atoms with E-state index in [0.29, 0.717) is 0 Å². The molecule has 4 aliphatic rings. The van der Waals surface area contributed by atoms with Crippen LogP contribution in [0.3, 0.4) is 0 Å². The molecule has 0 saturated heterocycles. The number of alkyl halides is 8. The van der Waals surface area contributed by atoms with E-state index in [0.717, 1.165) is 0 Å². The summed E-state index contributed by atoms with van der Waals surface area (Å²) in [6.45, 7) is 0. The highest BCUT2D eigenvalue weighted by Gasteiger charge is 2.59. The van der Waals surface area contributed by atoms with Crippen LogP contribution in [0.5, 0.6) is 0 Å². The number of Topliss-reactive ketones (excluding diaryl/α,β-unsaturated/α-hetero) is 3. The van der Waals surface area contributed by atoms with Crippen molar-refractivity contribution in [3.05, 3.63) is 47.3 Å². The smallest absolute Gasteiger partial charge is 0.171 e. The zero-order valence-electron chi connectivity index (χ0n) is 17.5. The van der Waals surface area contributed by atoms with Crippen LogP contribution in [0.1, 0.15) is 0 Å². The van der Waals surface area contributed by atoms with Crippen molar-refractivity contribution in [3.63, 3.8) is 0 Å². The molecule has 12 heteroatoms. The van der Waals surface area contributed by atoms with E-state index in [1.165, 1.54) is 30.4 Å². The molecule has 1 N–H and O–H groups in total. The van der Waals surface area contributed by atoms with E-state index >= 15 is 0 Å². The Balaban J connectivity index is 1.52. The molecule has 0 aliphatic heterocycles. The number of halogens is 8. The van der Waals surface area contributed by atoms with E-state index in [2.05, 4.69) is 0 Å². The van der Waals surface area contributed by atoms with E-state index in [4.69, 9.17) is 92.8 Å². The van der Waals surface area contributed by atoms with Crippen LogP contribution < -0.4 is 0 Å². The number of allylic oxidation sites excluding steroid dienone is 8. The molecule has 0 aromatic carbocycles. The minimum atomic E-state index is -0.843. The number of ketones is 3. The summed E-state index contributed by atoms with van der Waals surface area (Å²) in [5.41, 5.74) is 0.00966. The van der Waals surface area contributed by atoms with Gasteiger partial charge in [-0.1, -0.05) is 18.2 Å². The third-order valence-electron chi connectivity index (χ3n) is 7.02. The van der Waals surface area contributed by atoms with Gasteiger partial charge in [0.25, 0.3) is 0 Å². The van der Waals surface area contributed by atoms with E-state index in [-0.39, 0.29) is 22.7 Å². The van der Waals surface area contributed by atoms with Crippen LogP contribution in [0.25, 0.3) is 0 Å². The van der Waals surface area contributed by atoms with Gasteiger partial charge in [-0.05, 0) is 12.2 Å². The first-order valence-electron chi connectivity index (χ1n) is 10.6. The number of fused-ring (bicyclic) bond motifs is 2. The Kier molecular flexibility index (Phi) is 8.58. The third kappa shape index (κ3) is 4.52. The lowest BCUT2D eigenvalue weighted by atomic mass is 9.79. The molecule has 3 fully saturated rings. The Morgan fingerprint density at radius 3 is 1.37 bits per heavy atom. The van der Waals surface area contributed by atoms with Crippen LogP contribution in [0.15, 0.2) is 47.3 Å². The van der Waals surface area contributed by atoms with Crippen LogP contribution in [-0.2, 0) is 14.4 Å².